The maximum Gasteiger partial charge on any atom is 0.254 e. The Labute approximate surface area is 116 Å². The Morgan fingerprint density at radius 3 is 2.68 bits per heavy atom. The number of anilines is 1. The summed E-state index contributed by atoms with van der Waals surface area (Å²) in [5.74, 6) is 0.0703. The van der Waals surface area contributed by atoms with Gasteiger partial charge in [-0.25, -0.2) is 4.98 Å². The van der Waals surface area contributed by atoms with Crippen LogP contribution in [0.5, 0.6) is 0 Å². The molecule has 98 valence electrons. The highest BCUT2D eigenvalue weighted by Crippen LogP contribution is 2.14. The van der Waals surface area contributed by atoms with E-state index < -0.39 is 0 Å². The monoisotopic (exact) mass is 276 g/mol. The summed E-state index contributed by atoms with van der Waals surface area (Å²) in [6, 6.07) is 6.73. The molecule has 0 bridgehead atoms. The Kier molecular flexibility index (Phi) is 3.97. The summed E-state index contributed by atoms with van der Waals surface area (Å²) in [5, 5.41) is 0.209. The van der Waals surface area contributed by atoms with Gasteiger partial charge in [-0.15, -0.1) is 0 Å². The lowest BCUT2D eigenvalue weighted by molar-refractivity contribution is 0.0785. The molecule has 2 heterocycles. The van der Waals surface area contributed by atoms with Gasteiger partial charge in [0.15, 0.2) is 0 Å². The molecule has 2 rings (SSSR count). The maximum absolute atomic E-state index is 12.2. The van der Waals surface area contributed by atoms with E-state index in [4.69, 9.17) is 17.3 Å². The van der Waals surface area contributed by atoms with Crippen LogP contribution < -0.4 is 5.73 Å². The summed E-state index contributed by atoms with van der Waals surface area (Å²) in [7, 11) is 1.72. The normalized spacial score (nSPS) is 10.2. The van der Waals surface area contributed by atoms with Crippen LogP contribution in [0.1, 0.15) is 15.9 Å². The van der Waals surface area contributed by atoms with Crippen molar-refractivity contribution in [3.05, 3.63) is 52.9 Å². The zero-order valence-corrected chi connectivity index (χ0v) is 11.1. The van der Waals surface area contributed by atoms with Crippen LogP contribution in [-0.4, -0.2) is 27.8 Å². The van der Waals surface area contributed by atoms with E-state index in [-0.39, 0.29) is 16.9 Å². The maximum atomic E-state index is 12.2. The molecule has 2 aromatic rings. The number of halogens is 1. The number of pyridine rings is 2. The van der Waals surface area contributed by atoms with E-state index in [1.165, 1.54) is 12.1 Å². The lowest BCUT2D eigenvalue weighted by atomic mass is 10.2. The number of carbonyl (C=O) groups excluding carboxylic acids is 1. The molecule has 19 heavy (non-hydrogen) atoms. The third-order valence-electron chi connectivity index (χ3n) is 2.58. The molecule has 0 spiro atoms. The molecule has 5 nitrogen and oxygen atoms in total. The van der Waals surface area contributed by atoms with E-state index in [9.17, 15) is 4.79 Å². The van der Waals surface area contributed by atoms with Crippen molar-refractivity contribution in [1.29, 1.82) is 0 Å². The van der Waals surface area contributed by atoms with E-state index in [0.717, 1.165) is 5.56 Å². The third-order valence-corrected chi connectivity index (χ3v) is 2.77. The van der Waals surface area contributed by atoms with Gasteiger partial charge in [0.2, 0.25) is 0 Å². The molecule has 0 aliphatic carbocycles. The molecule has 0 saturated heterocycles. The lowest BCUT2D eigenvalue weighted by Gasteiger charge is -2.17. The van der Waals surface area contributed by atoms with Crippen molar-refractivity contribution < 1.29 is 4.79 Å². The van der Waals surface area contributed by atoms with Gasteiger partial charge < -0.3 is 10.6 Å². The molecule has 0 saturated carbocycles. The molecular formula is C13H13ClN4O. The molecule has 0 atom stereocenters. The predicted octanol–water partition coefficient (Wildman–Crippen LogP) is 1.98. The summed E-state index contributed by atoms with van der Waals surface area (Å²) in [4.78, 5) is 21.6. The van der Waals surface area contributed by atoms with Crippen LogP contribution in [0.4, 0.5) is 5.82 Å². The van der Waals surface area contributed by atoms with Crippen molar-refractivity contribution in [2.45, 2.75) is 6.54 Å². The summed E-state index contributed by atoms with van der Waals surface area (Å²) in [5.41, 5.74) is 7.00. The van der Waals surface area contributed by atoms with Gasteiger partial charge in [0, 0.05) is 31.5 Å². The molecule has 0 aliphatic rings. The minimum absolute atomic E-state index is 0.159. The number of aromatic nitrogens is 2. The Balaban J connectivity index is 2.15. The third kappa shape index (κ3) is 3.42. The van der Waals surface area contributed by atoms with Gasteiger partial charge in [-0.1, -0.05) is 11.6 Å². The molecule has 6 heteroatoms. The predicted molar refractivity (Wildman–Crippen MR) is 73.7 cm³/mol. The van der Waals surface area contributed by atoms with Crippen LogP contribution in [0.15, 0.2) is 36.7 Å². The number of hydrogen-bond acceptors (Lipinski definition) is 4. The summed E-state index contributed by atoms with van der Waals surface area (Å²) < 4.78 is 0. The first-order valence-electron chi connectivity index (χ1n) is 5.63. The van der Waals surface area contributed by atoms with Gasteiger partial charge in [-0.05, 0) is 29.8 Å². The Hall–Kier alpha value is -2.14. The number of nitrogens with zero attached hydrogens (tertiary/aromatic N) is 3. The van der Waals surface area contributed by atoms with Crippen LogP contribution in [0.2, 0.25) is 5.15 Å². The molecule has 0 aromatic carbocycles. The fourth-order valence-electron chi connectivity index (χ4n) is 1.69. The highest BCUT2D eigenvalue weighted by Gasteiger charge is 2.13. The first-order chi connectivity index (χ1) is 9.06. The number of nitrogen functional groups attached to an aromatic ring is 1. The molecule has 1 amide bonds. The van der Waals surface area contributed by atoms with Gasteiger partial charge in [0.1, 0.15) is 11.0 Å². The summed E-state index contributed by atoms with van der Waals surface area (Å²) >= 11 is 5.79. The number of amides is 1. The second-order valence-electron chi connectivity index (χ2n) is 4.12. The van der Waals surface area contributed by atoms with Crippen molar-refractivity contribution in [1.82, 2.24) is 14.9 Å². The number of hydrogen-bond donors (Lipinski definition) is 1. The van der Waals surface area contributed by atoms with Crippen LogP contribution in [0.3, 0.4) is 0 Å². The SMILES string of the molecule is CN(Cc1ccncc1)C(=O)c1cc(N)nc(Cl)c1. The molecule has 0 fully saturated rings. The zero-order chi connectivity index (χ0) is 13.8. The van der Waals surface area contributed by atoms with Gasteiger partial charge in [-0.3, -0.25) is 9.78 Å². The van der Waals surface area contributed by atoms with E-state index in [1.807, 2.05) is 12.1 Å². The number of nitrogens with two attached hydrogens (primary N) is 1. The average Bonchev–Trinajstić information content (AvgIpc) is 2.37. The first-order valence-corrected chi connectivity index (χ1v) is 6.01. The van der Waals surface area contributed by atoms with E-state index in [2.05, 4.69) is 9.97 Å². The van der Waals surface area contributed by atoms with Crippen molar-refractivity contribution in [2.24, 2.45) is 0 Å². The summed E-state index contributed by atoms with van der Waals surface area (Å²) in [6.07, 6.45) is 3.38. The average molecular weight is 277 g/mol. The molecular weight excluding hydrogens is 264 g/mol. The zero-order valence-electron chi connectivity index (χ0n) is 10.4. The highest BCUT2D eigenvalue weighted by atomic mass is 35.5. The Morgan fingerprint density at radius 2 is 2.05 bits per heavy atom. The minimum atomic E-state index is -0.159. The van der Waals surface area contributed by atoms with Gasteiger partial charge in [0.25, 0.3) is 5.91 Å². The summed E-state index contributed by atoms with van der Waals surface area (Å²) in [6.45, 7) is 0.487. The second-order valence-corrected chi connectivity index (χ2v) is 4.51. The fourth-order valence-corrected chi connectivity index (χ4v) is 1.91. The first kappa shape index (κ1) is 13.3. The fraction of sp³-hybridized carbons (Fsp3) is 0.154. The van der Waals surface area contributed by atoms with E-state index in [0.29, 0.717) is 12.1 Å². The van der Waals surface area contributed by atoms with Crippen LogP contribution >= 0.6 is 11.6 Å². The quantitative estimate of drug-likeness (QED) is 0.870. The molecule has 0 radical (unpaired) electrons. The smallest absolute Gasteiger partial charge is 0.254 e. The van der Waals surface area contributed by atoms with Crippen molar-refractivity contribution >= 4 is 23.3 Å². The van der Waals surface area contributed by atoms with Crippen LogP contribution in [0.25, 0.3) is 0 Å². The van der Waals surface area contributed by atoms with Crippen molar-refractivity contribution in [3.63, 3.8) is 0 Å². The lowest BCUT2D eigenvalue weighted by Crippen LogP contribution is -2.26. The van der Waals surface area contributed by atoms with Crippen molar-refractivity contribution in [2.75, 3.05) is 12.8 Å². The molecule has 2 N–H and O–H groups in total. The minimum Gasteiger partial charge on any atom is -0.384 e. The molecule has 0 unspecified atom stereocenters. The second kappa shape index (κ2) is 5.67. The molecule has 2 aromatic heterocycles. The topological polar surface area (TPSA) is 72.1 Å². The van der Waals surface area contributed by atoms with Gasteiger partial charge in [-0.2, -0.15) is 0 Å². The molecule has 0 aliphatic heterocycles. The number of carbonyl (C=O) groups is 1. The van der Waals surface area contributed by atoms with Gasteiger partial charge in [0.05, 0.1) is 0 Å². The van der Waals surface area contributed by atoms with Crippen LogP contribution in [0, 0.1) is 0 Å². The van der Waals surface area contributed by atoms with Crippen LogP contribution in [-0.2, 0) is 6.54 Å². The standard InChI is InChI=1S/C13H13ClN4O/c1-18(8-9-2-4-16-5-3-9)13(19)10-6-11(14)17-12(15)7-10/h2-7H,8H2,1H3,(H2,15,17). The Morgan fingerprint density at radius 1 is 1.37 bits per heavy atom. The van der Waals surface area contributed by atoms with E-state index in [1.54, 1.807) is 24.3 Å². The highest BCUT2D eigenvalue weighted by molar-refractivity contribution is 6.29. The number of rotatable bonds is 3. The van der Waals surface area contributed by atoms with Gasteiger partial charge >= 0.3 is 0 Å². The largest absolute Gasteiger partial charge is 0.384 e. The Bertz CT molecular complexity index is 568. The van der Waals surface area contributed by atoms with Crippen molar-refractivity contribution in [3.8, 4) is 0 Å². The van der Waals surface area contributed by atoms with E-state index >= 15 is 0 Å².